The highest BCUT2D eigenvalue weighted by molar-refractivity contribution is 9.10. The van der Waals surface area contributed by atoms with Crippen molar-refractivity contribution in [3.05, 3.63) is 58.3 Å². The summed E-state index contributed by atoms with van der Waals surface area (Å²) in [4.78, 5) is 0.0150. The van der Waals surface area contributed by atoms with E-state index in [9.17, 15) is 12.8 Å². The van der Waals surface area contributed by atoms with Crippen LogP contribution >= 0.6 is 15.9 Å². The van der Waals surface area contributed by atoms with Gasteiger partial charge in [-0.1, -0.05) is 12.1 Å². The van der Waals surface area contributed by atoms with E-state index in [0.29, 0.717) is 12.1 Å². The standard InChI is InChI=1S/C14H14BrFN2O2S/c15-13-9-11(16)3-6-14(13)21(19,20)18-8-7-10-1-4-12(17)5-2-10/h1-6,9,18H,7-8,17H2. The van der Waals surface area contributed by atoms with Crippen LogP contribution in [0.1, 0.15) is 5.56 Å². The lowest BCUT2D eigenvalue weighted by atomic mass is 10.1. The molecule has 112 valence electrons. The van der Waals surface area contributed by atoms with Crippen LogP contribution in [0.3, 0.4) is 0 Å². The van der Waals surface area contributed by atoms with Gasteiger partial charge >= 0.3 is 0 Å². The molecule has 0 spiro atoms. The minimum absolute atomic E-state index is 0.0150. The zero-order chi connectivity index (χ0) is 15.5. The molecule has 2 aromatic carbocycles. The van der Waals surface area contributed by atoms with Crippen LogP contribution in [0.15, 0.2) is 51.8 Å². The van der Waals surface area contributed by atoms with Gasteiger partial charge in [0, 0.05) is 16.7 Å². The predicted octanol–water partition coefficient (Wildman–Crippen LogP) is 2.69. The van der Waals surface area contributed by atoms with Gasteiger partial charge < -0.3 is 5.73 Å². The van der Waals surface area contributed by atoms with Crippen molar-refractivity contribution in [3.8, 4) is 0 Å². The van der Waals surface area contributed by atoms with Crippen molar-refractivity contribution in [3.63, 3.8) is 0 Å². The molecule has 0 saturated carbocycles. The number of benzene rings is 2. The van der Waals surface area contributed by atoms with E-state index in [1.54, 1.807) is 12.1 Å². The number of nitrogens with two attached hydrogens (primary N) is 1. The summed E-state index contributed by atoms with van der Waals surface area (Å²) in [5.74, 6) is -0.498. The second kappa shape index (κ2) is 6.55. The van der Waals surface area contributed by atoms with Crippen LogP contribution in [0.25, 0.3) is 0 Å². The predicted molar refractivity (Wildman–Crippen MR) is 83.8 cm³/mol. The van der Waals surface area contributed by atoms with Crippen LogP contribution in [0.2, 0.25) is 0 Å². The summed E-state index contributed by atoms with van der Waals surface area (Å²) >= 11 is 3.05. The molecule has 4 nitrogen and oxygen atoms in total. The van der Waals surface area contributed by atoms with Crippen LogP contribution in [0.5, 0.6) is 0 Å². The molecule has 3 N–H and O–H groups in total. The van der Waals surface area contributed by atoms with Crippen molar-refractivity contribution in [1.82, 2.24) is 4.72 Å². The first-order valence-corrected chi connectivity index (χ1v) is 8.45. The molecule has 0 bridgehead atoms. The summed E-state index contributed by atoms with van der Waals surface area (Å²) < 4.78 is 39.9. The van der Waals surface area contributed by atoms with Gasteiger partial charge in [0.05, 0.1) is 4.90 Å². The van der Waals surface area contributed by atoms with E-state index < -0.39 is 15.8 Å². The molecule has 0 unspecified atom stereocenters. The van der Waals surface area contributed by atoms with E-state index in [0.717, 1.165) is 17.7 Å². The second-order valence-electron chi connectivity index (χ2n) is 4.46. The van der Waals surface area contributed by atoms with Crippen LogP contribution in [-0.2, 0) is 16.4 Å². The molecule has 0 aliphatic heterocycles. The largest absolute Gasteiger partial charge is 0.399 e. The summed E-state index contributed by atoms with van der Waals surface area (Å²) in [5, 5.41) is 0. The number of hydrogen-bond acceptors (Lipinski definition) is 3. The molecule has 0 amide bonds. The Balaban J connectivity index is 2.03. The third-order valence-electron chi connectivity index (χ3n) is 2.87. The minimum Gasteiger partial charge on any atom is -0.399 e. The molecule has 2 rings (SSSR count). The maximum Gasteiger partial charge on any atom is 0.241 e. The van der Waals surface area contributed by atoms with Crippen molar-refractivity contribution in [2.24, 2.45) is 0 Å². The molecule has 7 heteroatoms. The summed E-state index contributed by atoms with van der Waals surface area (Å²) in [7, 11) is -3.67. The molecule has 0 fully saturated rings. The number of nitrogen functional groups attached to an aromatic ring is 1. The van der Waals surface area contributed by atoms with Crippen LogP contribution in [-0.4, -0.2) is 15.0 Å². The molecular formula is C14H14BrFN2O2S. The number of nitrogens with one attached hydrogen (secondary N) is 1. The van der Waals surface area contributed by atoms with Gasteiger partial charge in [-0.15, -0.1) is 0 Å². The van der Waals surface area contributed by atoms with E-state index in [1.807, 2.05) is 12.1 Å². The van der Waals surface area contributed by atoms with Gasteiger partial charge in [-0.3, -0.25) is 0 Å². The van der Waals surface area contributed by atoms with Gasteiger partial charge in [-0.25, -0.2) is 17.5 Å². The van der Waals surface area contributed by atoms with E-state index in [4.69, 9.17) is 5.73 Å². The molecule has 2 aromatic rings. The molecule has 0 atom stereocenters. The zero-order valence-corrected chi connectivity index (χ0v) is 13.4. The number of hydrogen-bond donors (Lipinski definition) is 2. The molecule has 0 aliphatic carbocycles. The van der Waals surface area contributed by atoms with Gasteiger partial charge in [0.25, 0.3) is 0 Å². The molecule has 0 saturated heterocycles. The first kappa shape index (κ1) is 15.9. The van der Waals surface area contributed by atoms with E-state index >= 15 is 0 Å². The second-order valence-corrected chi connectivity index (χ2v) is 7.05. The molecule has 0 aromatic heterocycles. The molecule has 0 radical (unpaired) electrons. The third-order valence-corrected chi connectivity index (χ3v) is 5.31. The van der Waals surface area contributed by atoms with Crippen LogP contribution in [0, 0.1) is 5.82 Å². The van der Waals surface area contributed by atoms with Gasteiger partial charge in [0.15, 0.2) is 0 Å². The monoisotopic (exact) mass is 372 g/mol. The Labute approximate surface area is 131 Å². The van der Waals surface area contributed by atoms with Gasteiger partial charge in [0.1, 0.15) is 5.82 Å². The summed E-state index contributed by atoms with van der Waals surface area (Å²) in [6.07, 6.45) is 0.540. The van der Waals surface area contributed by atoms with Crippen molar-refractivity contribution >= 4 is 31.6 Å². The average molecular weight is 373 g/mol. The Bertz CT molecular complexity index is 733. The van der Waals surface area contributed by atoms with Crippen molar-refractivity contribution in [2.75, 3.05) is 12.3 Å². The van der Waals surface area contributed by atoms with Gasteiger partial charge in [-0.2, -0.15) is 0 Å². The van der Waals surface area contributed by atoms with E-state index in [-0.39, 0.29) is 15.9 Å². The van der Waals surface area contributed by atoms with E-state index in [2.05, 4.69) is 20.7 Å². The fourth-order valence-corrected chi connectivity index (χ4v) is 3.86. The lowest BCUT2D eigenvalue weighted by Gasteiger charge is -2.08. The Kier molecular flexibility index (Phi) is 4.97. The Morgan fingerprint density at radius 2 is 1.81 bits per heavy atom. The van der Waals surface area contributed by atoms with Crippen molar-refractivity contribution in [1.29, 1.82) is 0 Å². The highest BCUT2D eigenvalue weighted by Gasteiger charge is 2.17. The first-order chi connectivity index (χ1) is 9.88. The van der Waals surface area contributed by atoms with Gasteiger partial charge in [0.2, 0.25) is 10.0 Å². The molecule has 0 aliphatic rings. The highest BCUT2D eigenvalue weighted by atomic mass is 79.9. The maximum atomic E-state index is 13.0. The zero-order valence-electron chi connectivity index (χ0n) is 11.0. The van der Waals surface area contributed by atoms with Crippen LogP contribution < -0.4 is 10.5 Å². The SMILES string of the molecule is Nc1ccc(CCNS(=O)(=O)c2ccc(F)cc2Br)cc1. The highest BCUT2D eigenvalue weighted by Crippen LogP contribution is 2.22. The van der Waals surface area contributed by atoms with Crippen molar-refractivity contribution in [2.45, 2.75) is 11.3 Å². The number of anilines is 1. The normalized spacial score (nSPS) is 11.5. The lowest BCUT2D eigenvalue weighted by Crippen LogP contribution is -2.26. The third kappa shape index (κ3) is 4.26. The average Bonchev–Trinajstić information content (AvgIpc) is 2.40. The first-order valence-electron chi connectivity index (χ1n) is 6.17. The molecule has 21 heavy (non-hydrogen) atoms. The van der Waals surface area contributed by atoms with Crippen molar-refractivity contribution < 1.29 is 12.8 Å². The minimum atomic E-state index is -3.67. The summed E-state index contributed by atoms with van der Waals surface area (Å²) in [6, 6.07) is 10.7. The Hall–Kier alpha value is -1.44. The topological polar surface area (TPSA) is 72.2 Å². The quantitative estimate of drug-likeness (QED) is 0.792. The van der Waals surface area contributed by atoms with Gasteiger partial charge in [-0.05, 0) is 58.2 Å². The number of sulfonamides is 1. The van der Waals surface area contributed by atoms with E-state index in [1.165, 1.54) is 6.07 Å². The fraction of sp³-hybridized carbons (Fsp3) is 0.143. The maximum absolute atomic E-state index is 13.0. The molecule has 0 heterocycles. The lowest BCUT2D eigenvalue weighted by molar-refractivity contribution is 0.580. The number of halogens is 2. The van der Waals surface area contributed by atoms with Crippen LogP contribution in [0.4, 0.5) is 10.1 Å². The molecular weight excluding hydrogens is 359 g/mol. The number of rotatable bonds is 5. The Morgan fingerprint density at radius 3 is 2.43 bits per heavy atom. The smallest absolute Gasteiger partial charge is 0.241 e. The summed E-state index contributed by atoms with van der Waals surface area (Å²) in [5.41, 5.74) is 7.22. The fourth-order valence-electron chi connectivity index (χ4n) is 1.78. The summed E-state index contributed by atoms with van der Waals surface area (Å²) in [6.45, 7) is 0.246. The Morgan fingerprint density at radius 1 is 1.14 bits per heavy atom.